The lowest BCUT2D eigenvalue weighted by atomic mass is 10.1. The molecule has 2 aromatic carbocycles. The van der Waals surface area contributed by atoms with Crippen LogP contribution in [0.1, 0.15) is 46.3 Å². The van der Waals surface area contributed by atoms with Gasteiger partial charge in [-0.1, -0.05) is 55.0 Å². The Balaban J connectivity index is 1.58. The number of hydrogen-bond acceptors (Lipinski definition) is 6. The largest absolute Gasteiger partial charge is 0.352 e. The van der Waals surface area contributed by atoms with Gasteiger partial charge in [-0.3, -0.25) is 9.52 Å². The van der Waals surface area contributed by atoms with Crippen LogP contribution in [0.5, 0.6) is 0 Å². The molecular weight excluding hydrogens is 456 g/mol. The number of carbonyl (C=O) groups excluding carboxylic acids is 1. The number of halogens is 1. The average molecular weight is 479 g/mol. The smallest absolute Gasteiger partial charge is 0.263 e. The Bertz CT molecular complexity index is 1180. The zero-order valence-corrected chi connectivity index (χ0v) is 19.7. The number of benzene rings is 2. The molecule has 0 spiro atoms. The summed E-state index contributed by atoms with van der Waals surface area (Å²) in [6.07, 6.45) is 0.563. The van der Waals surface area contributed by atoms with Crippen molar-refractivity contribution in [2.75, 3.05) is 11.3 Å². The summed E-state index contributed by atoms with van der Waals surface area (Å²) in [4.78, 5) is 12.5. The fourth-order valence-electron chi connectivity index (χ4n) is 2.77. The van der Waals surface area contributed by atoms with Crippen LogP contribution in [-0.2, 0) is 16.4 Å². The van der Waals surface area contributed by atoms with E-state index in [9.17, 15) is 13.2 Å². The van der Waals surface area contributed by atoms with Crippen molar-refractivity contribution in [1.82, 2.24) is 15.5 Å². The topological polar surface area (TPSA) is 101 Å². The highest BCUT2D eigenvalue weighted by molar-refractivity contribution is 7.93. The second kappa shape index (κ2) is 9.76. The number of nitrogens with zero attached hydrogens (tertiary/aromatic N) is 2. The summed E-state index contributed by atoms with van der Waals surface area (Å²) in [6.45, 7) is 6.20. The third-order valence-corrected chi connectivity index (χ3v) is 7.39. The van der Waals surface area contributed by atoms with Crippen molar-refractivity contribution in [3.63, 3.8) is 0 Å². The quantitative estimate of drug-likeness (QED) is 0.499. The Kier molecular flexibility index (Phi) is 7.30. The van der Waals surface area contributed by atoms with E-state index in [1.165, 1.54) is 23.5 Å². The molecule has 0 aliphatic heterocycles. The van der Waals surface area contributed by atoms with Crippen molar-refractivity contribution in [2.24, 2.45) is 0 Å². The van der Waals surface area contributed by atoms with Crippen LogP contribution >= 0.6 is 22.9 Å². The molecule has 7 nitrogen and oxygen atoms in total. The maximum Gasteiger partial charge on any atom is 0.263 e. The van der Waals surface area contributed by atoms with E-state index in [0.717, 1.165) is 16.1 Å². The Morgan fingerprint density at radius 3 is 2.48 bits per heavy atom. The van der Waals surface area contributed by atoms with Crippen molar-refractivity contribution in [2.45, 2.75) is 38.0 Å². The third-order valence-electron chi connectivity index (χ3n) is 4.53. The van der Waals surface area contributed by atoms with E-state index in [-0.39, 0.29) is 21.9 Å². The van der Waals surface area contributed by atoms with E-state index in [1.807, 2.05) is 20.8 Å². The standard InChI is InChI=1S/C21H23ClN4O3S2/c1-13(2)20-24-25-21(30-20)26-31(28,29)17-8-5-15(6-9-17)10-11-23-19(27)18-12-16(22)7-4-14(18)3/h4-9,12-13H,10-11H2,1-3H3,(H,23,27)(H,25,26). The minimum absolute atomic E-state index is 0.135. The Hall–Kier alpha value is -2.49. The lowest BCUT2D eigenvalue weighted by Gasteiger charge is -2.09. The maximum absolute atomic E-state index is 12.6. The number of hydrogen-bond donors (Lipinski definition) is 2. The molecule has 1 heterocycles. The van der Waals surface area contributed by atoms with Crippen molar-refractivity contribution in [1.29, 1.82) is 0 Å². The molecular formula is C21H23ClN4O3S2. The van der Waals surface area contributed by atoms with E-state index in [2.05, 4.69) is 20.2 Å². The molecule has 3 rings (SSSR count). The van der Waals surface area contributed by atoms with Gasteiger partial charge in [0.25, 0.3) is 15.9 Å². The van der Waals surface area contributed by atoms with Gasteiger partial charge in [-0.05, 0) is 48.7 Å². The first-order chi connectivity index (χ1) is 14.7. The summed E-state index contributed by atoms with van der Waals surface area (Å²) in [6, 6.07) is 11.7. The molecule has 0 saturated heterocycles. The Labute approximate surface area is 190 Å². The number of amides is 1. The van der Waals surface area contributed by atoms with Crippen molar-refractivity contribution >= 4 is 44.0 Å². The predicted molar refractivity (Wildman–Crippen MR) is 123 cm³/mol. The summed E-state index contributed by atoms with van der Waals surface area (Å²) in [5.41, 5.74) is 2.29. The predicted octanol–water partition coefficient (Wildman–Crippen LogP) is 4.40. The summed E-state index contributed by atoms with van der Waals surface area (Å²) in [7, 11) is -3.75. The molecule has 2 N–H and O–H groups in total. The van der Waals surface area contributed by atoms with E-state index >= 15 is 0 Å². The number of nitrogens with one attached hydrogen (secondary N) is 2. The number of aryl methyl sites for hydroxylation is 1. The molecule has 31 heavy (non-hydrogen) atoms. The van der Waals surface area contributed by atoms with Crippen LogP contribution in [0.25, 0.3) is 0 Å². The number of anilines is 1. The van der Waals surface area contributed by atoms with Gasteiger partial charge in [-0.2, -0.15) is 0 Å². The molecule has 1 amide bonds. The average Bonchev–Trinajstić information content (AvgIpc) is 3.18. The molecule has 10 heteroatoms. The highest BCUT2D eigenvalue weighted by Gasteiger charge is 2.17. The first-order valence-corrected chi connectivity index (χ1v) is 12.3. The van der Waals surface area contributed by atoms with E-state index < -0.39 is 10.0 Å². The zero-order chi connectivity index (χ0) is 22.6. The van der Waals surface area contributed by atoms with Gasteiger partial charge in [0.2, 0.25) is 5.13 Å². The number of aromatic nitrogens is 2. The lowest BCUT2D eigenvalue weighted by molar-refractivity contribution is 0.0953. The van der Waals surface area contributed by atoms with E-state index in [4.69, 9.17) is 11.6 Å². The van der Waals surface area contributed by atoms with E-state index in [1.54, 1.807) is 30.3 Å². The van der Waals surface area contributed by atoms with Gasteiger partial charge >= 0.3 is 0 Å². The molecule has 0 bridgehead atoms. The number of sulfonamides is 1. The summed E-state index contributed by atoms with van der Waals surface area (Å²) >= 11 is 7.19. The van der Waals surface area contributed by atoms with E-state index in [0.29, 0.717) is 23.6 Å². The van der Waals surface area contributed by atoms with Crippen LogP contribution in [0.2, 0.25) is 5.02 Å². The molecule has 0 fully saturated rings. The Morgan fingerprint density at radius 1 is 1.13 bits per heavy atom. The van der Waals surface area contributed by atoms with Gasteiger partial charge in [-0.25, -0.2) is 8.42 Å². The molecule has 0 unspecified atom stereocenters. The molecule has 0 atom stereocenters. The first kappa shape index (κ1) is 23.2. The summed E-state index contributed by atoms with van der Waals surface area (Å²) in [5.74, 6) is -0.0143. The summed E-state index contributed by atoms with van der Waals surface area (Å²) in [5, 5.41) is 12.3. The molecule has 1 aromatic heterocycles. The highest BCUT2D eigenvalue weighted by Crippen LogP contribution is 2.24. The Morgan fingerprint density at radius 2 is 1.84 bits per heavy atom. The van der Waals surface area contributed by atoms with Gasteiger partial charge in [-0.15, -0.1) is 10.2 Å². The van der Waals surface area contributed by atoms with Crippen LogP contribution in [0.15, 0.2) is 47.4 Å². The molecule has 0 aliphatic rings. The first-order valence-electron chi connectivity index (χ1n) is 9.65. The third kappa shape index (κ3) is 6.03. The van der Waals surface area contributed by atoms with Gasteiger partial charge in [0.05, 0.1) is 4.90 Å². The number of carbonyl (C=O) groups is 1. The normalized spacial score (nSPS) is 11.5. The minimum Gasteiger partial charge on any atom is -0.352 e. The lowest BCUT2D eigenvalue weighted by Crippen LogP contribution is -2.26. The second-order valence-corrected chi connectivity index (χ2v) is 10.4. The van der Waals surface area contributed by atoms with Crippen molar-refractivity contribution < 1.29 is 13.2 Å². The summed E-state index contributed by atoms with van der Waals surface area (Å²) < 4.78 is 27.6. The zero-order valence-electron chi connectivity index (χ0n) is 17.3. The van der Waals surface area contributed by atoms with Crippen LogP contribution in [-0.4, -0.2) is 31.1 Å². The van der Waals surface area contributed by atoms with Crippen LogP contribution < -0.4 is 10.0 Å². The SMILES string of the molecule is Cc1ccc(Cl)cc1C(=O)NCCc1ccc(S(=O)(=O)Nc2nnc(C(C)C)s2)cc1. The van der Waals surface area contributed by atoms with Crippen LogP contribution in [0.3, 0.4) is 0 Å². The van der Waals surface area contributed by atoms with Gasteiger partial charge < -0.3 is 5.32 Å². The second-order valence-electron chi connectivity index (χ2n) is 7.31. The van der Waals surface area contributed by atoms with Crippen LogP contribution in [0, 0.1) is 6.92 Å². The van der Waals surface area contributed by atoms with Crippen LogP contribution in [0.4, 0.5) is 5.13 Å². The highest BCUT2D eigenvalue weighted by atomic mass is 35.5. The van der Waals surface area contributed by atoms with Crippen molar-refractivity contribution in [3.05, 3.63) is 69.2 Å². The fraction of sp³-hybridized carbons (Fsp3) is 0.286. The fourth-order valence-corrected chi connectivity index (χ4v) is 4.92. The van der Waals surface area contributed by atoms with Gasteiger partial charge in [0.1, 0.15) is 5.01 Å². The number of rotatable bonds is 8. The minimum atomic E-state index is -3.75. The molecule has 0 saturated carbocycles. The van der Waals surface area contributed by atoms with Gasteiger partial charge in [0.15, 0.2) is 0 Å². The monoisotopic (exact) mass is 478 g/mol. The van der Waals surface area contributed by atoms with Gasteiger partial charge in [0, 0.05) is 23.0 Å². The molecule has 0 radical (unpaired) electrons. The molecule has 3 aromatic rings. The molecule has 0 aliphatic carbocycles. The molecule has 164 valence electrons. The van der Waals surface area contributed by atoms with Crippen molar-refractivity contribution in [3.8, 4) is 0 Å². The maximum atomic E-state index is 12.6.